The van der Waals surface area contributed by atoms with Crippen LogP contribution >= 0.6 is 11.6 Å². The summed E-state index contributed by atoms with van der Waals surface area (Å²) in [6, 6.07) is 4.53. The van der Waals surface area contributed by atoms with Crippen molar-refractivity contribution >= 4 is 17.3 Å². The predicted molar refractivity (Wildman–Crippen MR) is 87.0 cm³/mol. The van der Waals surface area contributed by atoms with Crippen LogP contribution in [-0.2, 0) is 0 Å². The summed E-state index contributed by atoms with van der Waals surface area (Å²) >= 11 is 6.16. The number of anilines is 1. The van der Waals surface area contributed by atoms with Gasteiger partial charge in [-0.05, 0) is 49.7 Å². The van der Waals surface area contributed by atoms with E-state index in [2.05, 4.69) is 25.2 Å². The molecular formula is C17H26ClNO. The van der Waals surface area contributed by atoms with Crippen LogP contribution in [0.4, 0.5) is 5.69 Å². The van der Waals surface area contributed by atoms with E-state index < -0.39 is 0 Å². The number of hydrogen-bond acceptors (Lipinski definition) is 2. The van der Waals surface area contributed by atoms with E-state index in [0.29, 0.717) is 11.5 Å². The van der Waals surface area contributed by atoms with E-state index in [1.54, 1.807) is 7.11 Å². The summed E-state index contributed by atoms with van der Waals surface area (Å²) in [4.78, 5) is 0. The highest BCUT2D eigenvalue weighted by molar-refractivity contribution is 6.31. The van der Waals surface area contributed by atoms with E-state index >= 15 is 0 Å². The van der Waals surface area contributed by atoms with Crippen molar-refractivity contribution in [3.8, 4) is 5.75 Å². The summed E-state index contributed by atoms with van der Waals surface area (Å²) in [5.41, 5.74) is 2.64. The lowest BCUT2D eigenvalue weighted by Crippen LogP contribution is -2.19. The fourth-order valence-electron chi connectivity index (χ4n) is 2.97. The molecule has 1 aromatic rings. The van der Waals surface area contributed by atoms with E-state index in [-0.39, 0.29) is 0 Å². The molecule has 0 bridgehead atoms. The first-order chi connectivity index (χ1) is 9.41. The highest BCUT2D eigenvalue weighted by atomic mass is 35.5. The highest BCUT2D eigenvalue weighted by Gasteiger charge is 2.24. The molecule has 2 nitrogen and oxygen atoms in total. The Kier molecular flexibility index (Phi) is 4.85. The summed E-state index contributed by atoms with van der Waals surface area (Å²) in [6.45, 7) is 6.79. The summed E-state index contributed by atoms with van der Waals surface area (Å²) in [6.07, 6.45) is 6.34. The van der Waals surface area contributed by atoms with Gasteiger partial charge in [-0.25, -0.2) is 0 Å². The average molecular weight is 296 g/mol. The minimum atomic E-state index is 0.483. The average Bonchev–Trinajstić information content (AvgIpc) is 2.55. The molecule has 0 amide bonds. The van der Waals surface area contributed by atoms with E-state index in [0.717, 1.165) is 22.0 Å². The number of nitrogens with one attached hydrogen (secondary N) is 1. The Morgan fingerprint density at radius 3 is 2.70 bits per heavy atom. The molecule has 1 N–H and O–H groups in total. The third kappa shape index (κ3) is 3.82. The first-order valence-electron chi connectivity index (χ1n) is 7.52. The van der Waals surface area contributed by atoms with Crippen molar-refractivity contribution in [3.63, 3.8) is 0 Å². The van der Waals surface area contributed by atoms with Gasteiger partial charge in [-0.2, -0.15) is 0 Å². The summed E-state index contributed by atoms with van der Waals surface area (Å²) < 4.78 is 5.45. The fraction of sp³-hybridized carbons (Fsp3) is 0.647. The van der Waals surface area contributed by atoms with Crippen LogP contribution in [0.3, 0.4) is 0 Å². The van der Waals surface area contributed by atoms with Gasteiger partial charge in [0.15, 0.2) is 0 Å². The van der Waals surface area contributed by atoms with Gasteiger partial charge in [-0.3, -0.25) is 0 Å². The van der Waals surface area contributed by atoms with Crippen LogP contribution in [0.5, 0.6) is 5.75 Å². The molecule has 1 aliphatic rings. The summed E-state index contributed by atoms with van der Waals surface area (Å²) in [5, 5.41) is 4.42. The van der Waals surface area contributed by atoms with Gasteiger partial charge in [0.1, 0.15) is 5.75 Å². The molecule has 0 radical (unpaired) electrons. The molecule has 0 spiro atoms. The van der Waals surface area contributed by atoms with Crippen LogP contribution in [-0.4, -0.2) is 13.2 Å². The molecule has 0 aromatic heterocycles. The standard InChI is InChI=1S/C17H26ClNO/c1-12-10-15(16(20-4)11-14(12)18)19-13-6-5-8-17(2,3)9-7-13/h10-11,13,19H,5-9H2,1-4H3. The third-order valence-electron chi connectivity index (χ3n) is 4.42. The number of methoxy groups -OCH3 is 1. The van der Waals surface area contributed by atoms with Gasteiger partial charge < -0.3 is 10.1 Å². The van der Waals surface area contributed by atoms with E-state index in [1.807, 2.05) is 13.0 Å². The van der Waals surface area contributed by atoms with E-state index in [4.69, 9.17) is 16.3 Å². The Hall–Kier alpha value is -0.890. The SMILES string of the molecule is COc1cc(Cl)c(C)cc1NC1CCCC(C)(C)CC1. The smallest absolute Gasteiger partial charge is 0.143 e. The molecule has 1 aliphatic carbocycles. The fourth-order valence-corrected chi connectivity index (χ4v) is 3.12. The van der Waals surface area contributed by atoms with E-state index in [9.17, 15) is 0 Å². The second-order valence-corrected chi connectivity index (χ2v) is 7.15. The van der Waals surface area contributed by atoms with Gasteiger partial charge in [-0.1, -0.05) is 31.9 Å². The van der Waals surface area contributed by atoms with Crippen LogP contribution in [0.25, 0.3) is 0 Å². The van der Waals surface area contributed by atoms with Gasteiger partial charge in [0.2, 0.25) is 0 Å². The largest absolute Gasteiger partial charge is 0.495 e. The number of hydrogen-bond donors (Lipinski definition) is 1. The first kappa shape index (κ1) is 15.5. The maximum atomic E-state index is 6.16. The molecule has 0 saturated heterocycles. The van der Waals surface area contributed by atoms with Crippen molar-refractivity contribution in [2.45, 2.75) is 58.9 Å². The normalized spacial score (nSPS) is 22.1. The van der Waals surface area contributed by atoms with Crippen LogP contribution in [0.15, 0.2) is 12.1 Å². The summed E-state index contributed by atoms with van der Waals surface area (Å²) in [7, 11) is 1.70. The first-order valence-corrected chi connectivity index (χ1v) is 7.90. The lowest BCUT2D eigenvalue weighted by molar-refractivity contribution is 0.313. The zero-order chi connectivity index (χ0) is 14.8. The Morgan fingerprint density at radius 1 is 1.25 bits per heavy atom. The molecular weight excluding hydrogens is 270 g/mol. The highest BCUT2D eigenvalue weighted by Crippen LogP contribution is 2.37. The van der Waals surface area contributed by atoms with E-state index in [1.165, 1.54) is 32.1 Å². The molecule has 1 saturated carbocycles. The molecule has 20 heavy (non-hydrogen) atoms. The molecule has 1 fully saturated rings. The molecule has 112 valence electrons. The van der Waals surface area contributed by atoms with Gasteiger partial charge in [0, 0.05) is 17.1 Å². The van der Waals surface area contributed by atoms with Crippen molar-refractivity contribution in [3.05, 3.63) is 22.7 Å². The van der Waals surface area contributed by atoms with Gasteiger partial charge in [0.25, 0.3) is 0 Å². The minimum absolute atomic E-state index is 0.483. The number of rotatable bonds is 3. The van der Waals surface area contributed by atoms with Crippen LogP contribution in [0.1, 0.15) is 51.5 Å². The zero-order valence-electron chi connectivity index (χ0n) is 13.1. The lowest BCUT2D eigenvalue weighted by atomic mass is 9.85. The van der Waals surface area contributed by atoms with Crippen LogP contribution < -0.4 is 10.1 Å². The third-order valence-corrected chi connectivity index (χ3v) is 4.82. The van der Waals surface area contributed by atoms with Crippen molar-refractivity contribution in [2.24, 2.45) is 5.41 Å². The van der Waals surface area contributed by atoms with Crippen molar-refractivity contribution in [1.82, 2.24) is 0 Å². The molecule has 1 aromatic carbocycles. The molecule has 1 atom stereocenters. The Labute approximate surface area is 127 Å². The second kappa shape index (κ2) is 6.26. The predicted octanol–water partition coefficient (Wildman–Crippen LogP) is 5.43. The number of ether oxygens (including phenoxy) is 1. The monoisotopic (exact) mass is 295 g/mol. The van der Waals surface area contributed by atoms with Crippen LogP contribution in [0, 0.1) is 12.3 Å². The number of halogens is 1. The zero-order valence-corrected chi connectivity index (χ0v) is 13.8. The van der Waals surface area contributed by atoms with Gasteiger partial charge in [-0.15, -0.1) is 0 Å². The Balaban J connectivity index is 2.11. The molecule has 3 heteroatoms. The lowest BCUT2D eigenvalue weighted by Gasteiger charge is -2.23. The van der Waals surface area contributed by atoms with Crippen molar-refractivity contribution in [1.29, 1.82) is 0 Å². The molecule has 0 aliphatic heterocycles. The maximum Gasteiger partial charge on any atom is 0.143 e. The summed E-state index contributed by atoms with van der Waals surface area (Å²) in [5.74, 6) is 0.837. The van der Waals surface area contributed by atoms with Crippen molar-refractivity contribution < 1.29 is 4.74 Å². The second-order valence-electron chi connectivity index (χ2n) is 6.74. The molecule has 1 unspecified atom stereocenters. The van der Waals surface area contributed by atoms with Gasteiger partial charge >= 0.3 is 0 Å². The van der Waals surface area contributed by atoms with Gasteiger partial charge in [0.05, 0.1) is 12.8 Å². The molecule has 2 rings (SSSR count). The topological polar surface area (TPSA) is 21.3 Å². The maximum absolute atomic E-state index is 6.16. The number of aryl methyl sites for hydroxylation is 1. The molecule has 0 heterocycles. The minimum Gasteiger partial charge on any atom is -0.495 e. The van der Waals surface area contributed by atoms with Crippen LogP contribution in [0.2, 0.25) is 5.02 Å². The van der Waals surface area contributed by atoms with Crippen molar-refractivity contribution in [2.75, 3.05) is 12.4 Å². The number of benzene rings is 1. The Bertz CT molecular complexity index is 470. The quantitative estimate of drug-likeness (QED) is 0.751. The Morgan fingerprint density at radius 2 is 2.00 bits per heavy atom.